The topological polar surface area (TPSA) is 84.7 Å². The van der Waals surface area contributed by atoms with Crippen molar-refractivity contribution in [1.82, 2.24) is 18.8 Å². The van der Waals surface area contributed by atoms with Crippen molar-refractivity contribution in [2.75, 3.05) is 32.8 Å². The minimum Gasteiger partial charge on any atom is -0.378 e. The Morgan fingerprint density at radius 1 is 1.07 bits per heavy atom. The summed E-state index contributed by atoms with van der Waals surface area (Å²) in [5.74, 6) is 0.465. The fourth-order valence-corrected chi connectivity index (χ4v) is 5.82. The van der Waals surface area contributed by atoms with Gasteiger partial charge in [-0.1, -0.05) is 6.07 Å². The maximum absolute atomic E-state index is 13.3. The van der Waals surface area contributed by atoms with Gasteiger partial charge in [-0.15, -0.1) is 0 Å². The van der Waals surface area contributed by atoms with Crippen molar-refractivity contribution >= 4 is 15.9 Å². The van der Waals surface area contributed by atoms with Crippen LogP contribution in [0.1, 0.15) is 40.4 Å². The van der Waals surface area contributed by atoms with E-state index in [1.165, 1.54) is 4.31 Å². The molecular weight excluding hydrogens is 392 g/mol. The van der Waals surface area contributed by atoms with Gasteiger partial charge in [-0.3, -0.25) is 4.79 Å². The highest BCUT2D eigenvalue weighted by atomic mass is 32.2. The molecule has 1 fully saturated rings. The van der Waals surface area contributed by atoms with Gasteiger partial charge in [0.1, 0.15) is 11.5 Å². The second-order valence-electron chi connectivity index (χ2n) is 7.70. The zero-order chi connectivity index (χ0) is 20.8. The molecule has 0 spiro atoms. The summed E-state index contributed by atoms with van der Waals surface area (Å²) < 4.78 is 35.3. The van der Waals surface area contributed by atoms with Crippen LogP contribution in [0, 0.1) is 13.8 Å². The van der Waals surface area contributed by atoms with Crippen LogP contribution in [0.5, 0.6) is 0 Å². The number of carbonyl (C=O) groups is 1. The van der Waals surface area contributed by atoms with E-state index >= 15 is 0 Å². The van der Waals surface area contributed by atoms with Gasteiger partial charge in [-0.2, -0.15) is 4.31 Å². The number of morpholine rings is 1. The van der Waals surface area contributed by atoms with Crippen LogP contribution in [-0.4, -0.2) is 65.9 Å². The van der Waals surface area contributed by atoms with Crippen molar-refractivity contribution in [3.8, 4) is 0 Å². The van der Waals surface area contributed by atoms with Crippen LogP contribution < -0.4 is 0 Å². The van der Waals surface area contributed by atoms with Crippen molar-refractivity contribution < 1.29 is 17.9 Å². The zero-order valence-corrected chi connectivity index (χ0v) is 17.8. The van der Waals surface area contributed by atoms with E-state index in [2.05, 4.69) is 4.98 Å². The highest BCUT2D eigenvalue weighted by Gasteiger charge is 2.36. The number of aryl methyl sites for hydroxylation is 2. The van der Waals surface area contributed by atoms with Crippen LogP contribution in [0.4, 0.5) is 0 Å². The molecule has 3 heterocycles. The monoisotopic (exact) mass is 418 g/mol. The minimum absolute atomic E-state index is 0.133. The third kappa shape index (κ3) is 3.70. The van der Waals surface area contributed by atoms with E-state index in [-0.39, 0.29) is 5.91 Å². The molecule has 2 aliphatic heterocycles. The van der Waals surface area contributed by atoms with Gasteiger partial charge >= 0.3 is 0 Å². The molecular formula is C20H26N4O4S. The lowest BCUT2D eigenvalue weighted by atomic mass is 10.2. The quantitative estimate of drug-likeness (QED) is 0.758. The second-order valence-corrected chi connectivity index (χ2v) is 9.59. The molecule has 0 aliphatic carbocycles. The first kappa shape index (κ1) is 20.1. The van der Waals surface area contributed by atoms with E-state index in [0.29, 0.717) is 55.8 Å². The molecule has 1 aromatic heterocycles. The lowest BCUT2D eigenvalue weighted by Gasteiger charge is -2.32. The Bertz CT molecular complexity index is 1020. The molecule has 1 saturated heterocycles. The number of imidazole rings is 1. The predicted molar refractivity (Wildman–Crippen MR) is 107 cm³/mol. The van der Waals surface area contributed by atoms with Crippen molar-refractivity contribution in [3.63, 3.8) is 0 Å². The van der Waals surface area contributed by atoms with E-state index in [4.69, 9.17) is 4.74 Å². The number of sulfonamides is 1. The number of carbonyl (C=O) groups excluding carboxylic acids is 1. The Hall–Kier alpha value is -2.23. The molecule has 0 bridgehead atoms. The summed E-state index contributed by atoms with van der Waals surface area (Å²) in [6, 6.07) is 4.89. The summed E-state index contributed by atoms with van der Waals surface area (Å²) >= 11 is 0. The molecule has 8 nitrogen and oxygen atoms in total. The Morgan fingerprint density at radius 2 is 1.72 bits per heavy atom. The summed E-state index contributed by atoms with van der Waals surface area (Å²) in [6.45, 7) is 8.55. The van der Waals surface area contributed by atoms with Crippen LogP contribution in [0.3, 0.4) is 0 Å². The average Bonchev–Trinajstić information content (AvgIpc) is 3.13. The van der Waals surface area contributed by atoms with Gasteiger partial charge in [0.05, 0.1) is 24.2 Å². The molecule has 29 heavy (non-hydrogen) atoms. The van der Waals surface area contributed by atoms with Gasteiger partial charge in [-0.05, 0) is 44.0 Å². The van der Waals surface area contributed by atoms with Crippen LogP contribution in [0.25, 0.3) is 0 Å². The average molecular weight is 419 g/mol. The van der Waals surface area contributed by atoms with Crippen LogP contribution in [0.2, 0.25) is 0 Å². The fraction of sp³-hybridized carbons (Fsp3) is 0.500. The third-order valence-corrected chi connectivity index (χ3v) is 7.44. The summed E-state index contributed by atoms with van der Waals surface area (Å²) in [6.07, 6.45) is 1.74. The molecule has 1 atom stereocenters. The Kier molecular flexibility index (Phi) is 5.22. The molecule has 9 heteroatoms. The number of aromatic nitrogens is 2. The normalized spacial score (nSPS) is 20.5. The van der Waals surface area contributed by atoms with E-state index in [1.54, 1.807) is 23.2 Å². The molecule has 1 aromatic carbocycles. The summed E-state index contributed by atoms with van der Waals surface area (Å²) in [5.41, 5.74) is 2.18. The SMILES string of the molecule is Cc1cc(C)cc(S(=O)(=O)N2CCn3cc(C(=O)N4CCOCC4)nc3C2C)c1. The predicted octanol–water partition coefficient (Wildman–Crippen LogP) is 1.74. The van der Waals surface area contributed by atoms with Crippen LogP contribution in [-0.2, 0) is 21.3 Å². The second kappa shape index (κ2) is 7.55. The summed E-state index contributed by atoms with van der Waals surface area (Å²) in [5, 5.41) is 0. The van der Waals surface area contributed by atoms with E-state index < -0.39 is 16.1 Å². The molecule has 1 unspecified atom stereocenters. The molecule has 0 radical (unpaired) electrons. The Labute approximate surface area is 171 Å². The Balaban J connectivity index is 1.62. The van der Waals surface area contributed by atoms with Crippen molar-refractivity contribution in [1.29, 1.82) is 0 Å². The Morgan fingerprint density at radius 3 is 2.38 bits per heavy atom. The smallest absolute Gasteiger partial charge is 0.274 e. The molecule has 0 N–H and O–H groups in total. The highest BCUT2D eigenvalue weighted by molar-refractivity contribution is 7.89. The maximum atomic E-state index is 13.3. The van der Waals surface area contributed by atoms with Gasteiger partial charge in [0.15, 0.2) is 0 Å². The number of ether oxygens (including phenoxy) is 1. The van der Waals surface area contributed by atoms with Crippen LogP contribution >= 0.6 is 0 Å². The van der Waals surface area contributed by atoms with Gasteiger partial charge in [0.2, 0.25) is 10.0 Å². The zero-order valence-electron chi connectivity index (χ0n) is 17.0. The number of hydrogen-bond acceptors (Lipinski definition) is 5. The molecule has 1 amide bonds. The minimum atomic E-state index is -3.66. The van der Waals surface area contributed by atoms with Gasteiger partial charge in [0, 0.05) is 32.4 Å². The standard InChI is InChI=1S/C20H26N4O4S/c1-14-10-15(2)12-17(11-14)29(26,27)24-5-4-23-13-18(21-19(23)16(24)3)20(25)22-6-8-28-9-7-22/h10-13,16H,4-9H2,1-3H3. The lowest BCUT2D eigenvalue weighted by Crippen LogP contribution is -2.41. The number of rotatable bonds is 3. The number of amides is 1. The molecule has 0 saturated carbocycles. The van der Waals surface area contributed by atoms with Gasteiger partial charge in [-0.25, -0.2) is 13.4 Å². The highest BCUT2D eigenvalue weighted by Crippen LogP contribution is 2.31. The molecule has 4 rings (SSSR count). The number of nitrogens with zero attached hydrogens (tertiary/aromatic N) is 4. The molecule has 2 aromatic rings. The maximum Gasteiger partial charge on any atom is 0.274 e. The van der Waals surface area contributed by atoms with E-state index in [9.17, 15) is 13.2 Å². The van der Waals surface area contributed by atoms with Crippen LogP contribution in [0.15, 0.2) is 29.3 Å². The first-order valence-corrected chi connectivity index (χ1v) is 11.3. The first-order chi connectivity index (χ1) is 13.8. The fourth-order valence-electron chi connectivity index (χ4n) is 4.05. The number of benzene rings is 1. The molecule has 2 aliphatic rings. The number of fused-ring (bicyclic) bond motifs is 1. The number of hydrogen-bond donors (Lipinski definition) is 0. The largest absolute Gasteiger partial charge is 0.378 e. The van der Waals surface area contributed by atoms with Crippen molar-refractivity contribution in [2.45, 2.75) is 38.3 Å². The lowest BCUT2D eigenvalue weighted by molar-refractivity contribution is 0.0299. The van der Waals surface area contributed by atoms with E-state index in [0.717, 1.165) is 11.1 Å². The first-order valence-electron chi connectivity index (χ1n) is 9.81. The summed E-state index contributed by atoms with van der Waals surface area (Å²) in [7, 11) is -3.66. The summed E-state index contributed by atoms with van der Waals surface area (Å²) in [4.78, 5) is 19.3. The van der Waals surface area contributed by atoms with Crippen molar-refractivity contribution in [2.24, 2.45) is 0 Å². The van der Waals surface area contributed by atoms with Gasteiger partial charge in [0.25, 0.3) is 5.91 Å². The molecule has 156 valence electrons. The van der Waals surface area contributed by atoms with Gasteiger partial charge < -0.3 is 14.2 Å². The third-order valence-electron chi connectivity index (χ3n) is 5.49. The van der Waals surface area contributed by atoms with Crippen molar-refractivity contribution in [3.05, 3.63) is 47.0 Å². The van der Waals surface area contributed by atoms with E-state index in [1.807, 2.05) is 31.4 Å².